The summed E-state index contributed by atoms with van der Waals surface area (Å²) in [6.45, 7) is 5.45. The van der Waals surface area contributed by atoms with Crippen LogP contribution in [0.4, 0.5) is 0 Å². The molecule has 7 heteroatoms. The van der Waals surface area contributed by atoms with E-state index in [-0.39, 0.29) is 41.0 Å². The molecule has 134 valence electrons. The molecular formula is C17H24O5S2. The fourth-order valence-corrected chi connectivity index (χ4v) is 8.01. The third kappa shape index (κ3) is 4.68. The molecule has 24 heavy (non-hydrogen) atoms. The van der Waals surface area contributed by atoms with Crippen LogP contribution in [0.2, 0.25) is 0 Å². The van der Waals surface area contributed by atoms with Crippen molar-refractivity contribution in [1.29, 1.82) is 0 Å². The summed E-state index contributed by atoms with van der Waals surface area (Å²) in [5, 5.41) is 0. The number of carbonyl (C=O) groups is 2. The zero-order chi connectivity index (χ0) is 18.0. The van der Waals surface area contributed by atoms with Crippen LogP contribution in [0.1, 0.15) is 32.3 Å². The van der Waals surface area contributed by atoms with Crippen LogP contribution in [0.25, 0.3) is 0 Å². The number of Topliss-reactive ketones (excluding diaryl/α,β-unsaturated/α-hetero) is 2. The van der Waals surface area contributed by atoms with E-state index in [1.165, 1.54) is 12.1 Å². The van der Waals surface area contributed by atoms with Gasteiger partial charge >= 0.3 is 10.1 Å². The van der Waals surface area contributed by atoms with Crippen LogP contribution in [0.15, 0.2) is 29.2 Å². The molecule has 5 nitrogen and oxygen atoms in total. The SMILES string of the molecule is Cc1ccc(S(=O)(=O)OS2(CC(=O)C(C)C)CCC(=O)CC2)cc1. The normalized spacial score (nSPS) is 19.2. The van der Waals surface area contributed by atoms with Gasteiger partial charge in [-0.15, -0.1) is 10.3 Å². The highest BCUT2D eigenvalue weighted by Crippen LogP contribution is 2.55. The van der Waals surface area contributed by atoms with Crippen molar-refractivity contribution in [2.45, 2.75) is 38.5 Å². The molecule has 0 atom stereocenters. The van der Waals surface area contributed by atoms with Crippen LogP contribution in [-0.4, -0.2) is 37.2 Å². The number of rotatable bonds is 6. The van der Waals surface area contributed by atoms with E-state index in [1.54, 1.807) is 26.0 Å². The summed E-state index contributed by atoms with van der Waals surface area (Å²) in [4.78, 5) is 23.9. The van der Waals surface area contributed by atoms with Gasteiger partial charge in [-0.1, -0.05) is 31.5 Å². The van der Waals surface area contributed by atoms with E-state index in [0.29, 0.717) is 11.5 Å². The Kier molecular flexibility index (Phi) is 5.88. The Morgan fingerprint density at radius 1 is 1.17 bits per heavy atom. The molecule has 0 saturated carbocycles. The lowest BCUT2D eigenvalue weighted by atomic mass is 10.1. The maximum atomic E-state index is 12.7. The predicted molar refractivity (Wildman–Crippen MR) is 95.7 cm³/mol. The Labute approximate surface area is 145 Å². The summed E-state index contributed by atoms with van der Waals surface area (Å²) in [6, 6.07) is 6.44. The van der Waals surface area contributed by atoms with Gasteiger partial charge in [0.05, 0.1) is 10.6 Å². The van der Waals surface area contributed by atoms with Crippen molar-refractivity contribution in [2.75, 3.05) is 17.3 Å². The summed E-state index contributed by atoms with van der Waals surface area (Å²) in [6.07, 6.45) is 0.564. The predicted octanol–water partition coefficient (Wildman–Crippen LogP) is 3.01. The van der Waals surface area contributed by atoms with Gasteiger partial charge in [-0.05, 0) is 19.1 Å². The second-order valence-electron chi connectivity index (χ2n) is 6.51. The Hall–Kier alpha value is -1.18. The number of hydrogen-bond acceptors (Lipinski definition) is 5. The average Bonchev–Trinajstić information content (AvgIpc) is 2.50. The van der Waals surface area contributed by atoms with Crippen molar-refractivity contribution in [3.8, 4) is 0 Å². The highest BCUT2D eigenvalue weighted by Gasteiger charge is 2.38. The molecule has 0 bridgehead atoms. The van der Waals surface area contributed by atoms with E-state index in [2.05, 4.69) is 0 Å². The summed E-state index contributed by atoms with van der Waals surface area (Å²) in [5.74, 6) is 0.691. The summed E-state index contributed by atoms with van der Waals surface area (Å²) in [7, 11) is -6.10. The first-order valence-electron chi connectivity index (χ1n) is 7.97. The molecule has 0 spiro atoms. The first-order chi connectivity index (χ1) is 11.1. The first kappa shape index (κ1) is 19.1. The largest absolute Gasteiger partial charge is 0.306 e. The molecule has 1 aromatic carbocycles. The minimum absolute atomic E-state index is 0.0153. The van der Waals surface area contributed by atoms with Crippen LogP contribution in [0.3, 0.4) is 0 Å². The molecule has 0 radical (unpaired) electrons. The number of aryl methyl sites for hydroxylation is 1. The third-order valence-corrected chi connectivity index (χ3v) is 9.53. The van der Waals surface area contributed by atoms with Crippen LogP contribution in [0, 0.1) is 12.8 Å². The molecule has 0 aliphatic carbocycles. The lowest BCUT2D eigenvalue weighted by Gasteiger charge is -2.40. The van der Waals surface area contributed by atoms with Crippen LogP contribution < -0.4 is 0 Å². The van der Waals surface area contributed by atoms with Crippen LogP contribution >= 0.6 is 10.3 Å². The monoisotopic (exact) mass is 372 g/mol. The van der Waals surface area contributed by atoms with E-state index in [0.717, 1.165) is 5.56 Å². The molecule has 1 aliphatic rings. The molecule has 1 aromatic rings. The van der Waals surface area contributed by atoms with E-state index in [9.17, 15) is 18.0 Å². The molecule has 1 heterocycles. The average molecular weight is 373 g/mol. The smallest absolute Gasteiger partial charge is 0.300 e. The van der Waals surface area contributed by atoms with Crippen molar-refractivity contribution in [3.05, 3.63) is 29.8 Å². The van der Waals surface area contributed by atoms with Crippen molar-refractivity contribution in [2.24, 2.45) is 5.92 Å². The molecule has 0 amide bonds. The van der Waals surface area contributed by atoms with Gasteiger partial charge in [-0.3, -0.25) is 9.59 Å². The maximum absolute atomic E-state index is 12.7. The van der Waals surface area contributed by atoms with Crippen molar-refractivity contribution in [3.63, 3.8) is 0 Å². The molecule has 2 rings (SSSR count). The topological polar surface area (TPSA) is 77.5 Å². The van der Waals surface area contributed by atoms with Gasteiger partial charge in [0.25, 0.3) is 0 Å². The first-order valence-corrected chi connectivity index (χ1v) is 11.4. The standard InChI is InChI=1S/C17H24O5S2/c1-13(2)17(19)12-23(10-8-15(18)9-11-23)22-24(20,21)16-6-4-14(3)5-7-16/h4-7,13H,8-12H2,1-3H3. The molecule has 0 unspecified atom stereocenters. The number of carbonyl (C=O) groups excluding carboxylic acids is 2. The molecular weight excluding hydrogens is 348 g/mol. The van der Waals surface area contributed by atoms with E-state index in [1.807, 2.05) is 6.92 Å². The lowest BCUT2D eigenvalue weighted by molar-refractivity contribution is -0.120. The third-order valence-electron chi connectivity index (χ3n) is 4.10. The molecule has 0 aromatic heterocycles. The zero-order valence-corrected chi connectivity index (χ0v) is 15.9. The number of benzene rings is 1. The van der Waals surface area contributed by atoms with Crippen molar-refractivity contribution < 1.29 is 21.6 Å². The van der Waals surface area contributed by atoms with Gasteiger partial charge in [0.2, 0.25) is 0 Å². The Balaban J connectivity index is 2.28. The summed E-state index contributed by atoms with van der Waals surface area (Å²) in [5.41, 5.74) is 0.953. The summed E-state index contributed by atoms with van der Waals surface area (Å²) >= 11 is 0. The number of hydrogen-bond donors (Lipinski definition) is 0. The quantitative estimate of drug-likeness (QED) is 0.767. The van der Waals surface area contributed by atoms with Crippen molar-refractivity contribution >= 4 is 32.0 Å². The van der Waals surface area contributed by atoms with Crippen LogP contribution in [-0.2, 0) is 23.3 Å². The second kappa shape index (κ2) is 7.37. The highest BCUT2D eigenvalue weighted by atomic mass is 32.3. The fraction of sp³-hybridized carbons (Fsp3) is 0.529. The van der Waals surface area contributed by atoms with Gasteiger partial charge in [-0.25, -0.2) is 3.63 Å². The minimum Gasteiger partial charge on any atom is -0.300 e. The van der Waals surface area contributed by atoms with Crippen LogP contribution in [0.5, 0.6) is 0 Å². The van der Waals surface area contributed by atoms with Gasteiger partial charge in [0, 0.05) is 30.3 Å². The van der Waals surface area contributed by atoms with Gasteiger partial charge in [0.15, 0.2) is 0 Å². The fourth-order valence-electron chi connectivity index (χ4n) is 2.42. The molecule has 1 fully saturated rings. The van der Waals surface area contributed by atoms with E-state index >= 15 is 0 Å². The van der Waals surface area contributed by atoms with E-state index in [4.69, 9.17) is 3.63 Å². The van der Waals surface area contributed by atoms with Gasteiger partial charge < -0.3 is 0 Å². The zero-order valence-electron chi connectivity index (χ0n) is 14.3. The molecule has 1 aliphatic heterocycles. The maximum Gasteiger partial charge on any atom is 0.306 e. The Morgan fingerprint density at radius 2 is 1.71 bits per heavy atom. The van der Waals surface area contributed by atoms with E-state index < -0.39 is 20.4 Å². The highest BCUT2D eigenvalue weighted by molar-refractivity contribution is 8.33. The number of ketones is 2. The van der Waals surface area contributed by atoms with Gasteiger partial charge in [0.1, 0.15) is 11.6 Å². The Morgan fingerprint density at radius 3 is 2.21 bits per heavy atom. The lowest BCUT2D eigenvalue weighted by Crippen LogP contribution is -2.31. The summed E-state index contributed by atoms with van der Waals surface area (Å²) < 4.78 is 30.9. The van der Waals surface area contributed by atoms with Crippen molar-refractivity contribution in [1.82, 2.24) is 0 Å². The minimum atomic E-state index is -3.95. The second-order valence-corrected chi connectivity index (χ2v) is 11.5. The molecule has 1 saturated heterocycles. The Bertz CT molecular complexity index is 710. The van der Waals surface area contributed by atoms with Gasteiger partial charge in [-0.2, -0.15) is 8.42 Å². The molecule has 0 N–H and O–H groups in total.